The van der Waals surface area contributed by atoms with Gasteiger partial charge in [0.05, 0.1) is 48.1 Å². The summed E-state index contributed by atoms with van der Waals surface area (Å²) in [5.41, 5.74) is 3.61. The summed E-state index contributed by atoms with van der Waals surface area (Å²) in [6, 6.07) is 19.2. The number of hydrogen-bond acceptors (Lipinski definition) is 14. The van der Waals surface area contributed by atoms with Crippen LogP contribution in [-0.4, -0.2) is 111 Å². The van der Waals surface area contributed by atoms with Crippen molar-refractivity contribution in [2.24, 2.45) is 5.73 Å². The van der Waals surface area contributed by atoms with E-state index in [9.17, 15) is 49.5 Å². The topological polar surface area (TPSA) is 264 Å². The van der Waals surface area contributed by atoms with Gasteiger partial charge in [-0.3, -0.25) is 24.0 Å². The van der Waals surface area contributed by atoms with Crippen molar-refractivity contribution in [3.63, 3.8) is 0 Å². The number of rotatable bonds is 13. The van der Waals surface area contributed by atoms with Crippen molar-refractivity contribution in [1.29, 1.82) is 0 Å². The molecule has 9 N–H and O–H groups in total. The average molecular weight is 838 g/mol. The number of ketones is 3. The molecule has 0 saturated carbocycles. The molecule has 0 aromatic heterocycles. The van der Waals surface area contributed by atoms with Crippen molar-refractivity contribution in [2.75, 3.05) is 13.7 Å². The van der Waals surface area contributed by atoms with Crippen molar-refractivity contribution in [2.45, 2.75) is 87.4 Å². The Bertz CT molecular complexity index is 2360. The lowest BCUT2D eigenvalue weighted by atomic mass is 9.72. The van der Waals surface area contributed by atoms with Crippen molar-refractivity contribution < 1.29 is 63.7 Å². The fraction of sp³-hybridized carbons (Fsp3) is 0.356. The lowest BCUT2D eigenvalue weighted by Gasteiger charge is -2.43. The van der Waals surface area contributed by atoms with Crippen LogP contribution < -0.4 is 21.1 Å². The average Bonchev–Trinajstić information content (AvgIpc) is 3.25. The number of methoxy groups -OCH3 is 1. The molecule has 1 saturated heterocycles. The van der Waals surface area contributed by atoms with Gasteiger partial charge in [-0.05, 0) is 30.5 Å². The van der Waals surface area contributed by atoms with E-state index < -0.39 is 120 Å². The molecule has 4 aromatic rings. The smallest absolute Gasteiger partial charge is 0.243 e. The Hall–Kier alpha value is -6.01. The van der Waals surface area contributed by atoms with E-state index >= 15 is 0 Å². The fourth-order valence-corrected chi connectivity index (χ4v) is 8.44. The summed E-state index contributed by atoms with van der Waals surface area (Å²) in [4.78, 5) is 68.4. The van der Waals surface area contributed by atoms with E-state index in [2.05, 4.69) is 10.6 Å². The molecule has 1 aliphatic heterocycles. The van der Waals surface area contributed by atoms with Crippen LogP contribution >= 0.6 is 0 Å². The maximum atomic E-state index is 14.1. The van der Waals surface area contributed by atoms with Crippen LogP contribution in [-0.2, 0) is 43.1 Å². The fourth-order valence-electron chi connectivity index (χ4n) is 8.44. The Balaban J connectivity index is 1.17. The first-order valence-electron chi connectivity index (χ1n) is 19.8. The third-order valence-electron chi connectivity index (χ3n) is 11.6. The first kappa shape index (κ1) is 43.1. The van der Waals surface area contributed by atoms with Crippen LogP contribution in [0.15, 0.2) is 78.9 Å². The maximum Gasteiger partial charge on any atom is 0.243 e. The summed E-state index contributed by atoms with van der Waals surface area (Å²) in [6.07, 6.45) is -6.37. The van der Waals surface area contributed by atoms with Crippen LogP contribution in [0.2, 0.25) is 0 Å². The molecule has 320 valence electrons. The molecule has 16 heteroatoms. The summed E-state index contributed by atoms with van der Waals surface area (Å²) in [6.45, 7) is 0.413. The van der Waals surface area contributed by atoms with Gasteiger partial charge in [-0.25, -0.2) is 0 Å². The minimum absolute atomic E-state index is 0.0469. The third-order valence-corrected chi connectivity index (χ3v) is 11.6. The lowest BCUT2D eigenvalue weighted by Crippen LogP contribution is -2.60. The van der Waals surface area contributed by atoms with Gasteiger partial charge in [0.2, 0.25) is 17.6 Å². The van der Waals surface area contributed by atoms with Crippen molar-refractivity contribution >= 4 is 29.2 Å². The number of nitrogens with one attached hydrogen (secondary N) is 2. The van der Waals surface area contributed by atoms with Crippen LogP contribution in [0, 0.1) is 0 Å². The van der Waals surface area contributed by atoms with Gasteiger partial charge in [-0.2, -0.15) is 0 Å². The Morgan fingerprint density at radius 1 is 0.885 bits per heavy atom. The first-order chi connectivity index (χ1) is 29.1. The number of fused-ring (bicyclic) bond motifs is 3. The van der Waals surface area contributed by atoms with E-state index in [0.29, 0.717) is 0 Å². The van der Waals surface area contributed by atoms with Crippen LogP contribution in [0.5, 0.6) is 17.2 Å². The highest BCUT2D eigenvalue weighted by Crippen LogP contribution is 2.52. The monoisotopic (exact) mass is 837 g/mol. The van der Waals surface area contributed by atoms with E-state index in [0.717, 1.165) is 11.1 Å². The van der Waals surface area contributed by atoms with Gasteiger partial charge in [0.1, 0.15) is 41.6 Å². The number of carbonyl (C=O) groups is 5. The molecule has 4 aromatic carbocycles. The molecule has 2 amide bonds. The summed E-state index contributed by atoms with van der Waals surface area (Å²) in [5, 5.41) is 61.9. The summed E-state index contributed by atoms with van der Waals surface area (Å²) >= 11 is 0. The van der Waals surface area contributed by atoms with Crippen molar-refractivity contribution in [3.05, 3.63) is 123 Å². The van der Waals surface area contributed by atoms with Gasteiger partial charge in [0.25, 0.3) is 0 Å². The molecule has 1 heterocycles. The molecular weight excluding hydrogens is 791 g/mol. The molecule has 0 bridgehead atoms. The van der Waals surface area contributed by atoms with Crippen LogP contribution in [0.4, 0.5) is 0 Å². The van der Waals surface area contributed by atoms with E-state index in [-0.39, 0.29) is 47.3 Å². The highest BCUT2D eigenvalue weighted by atomic mass is 16.7. The Kier molecular flexibility index (Phi) is 12.4. The zero-order valence-electron chi connectivity index (χ0n) is 33.4. The Morgan fingerprint density at radius 3 is 2.16 bits per heavy atom. The second kappa shape index (κ2) is 17.5. The normalized spacial score (nSPS) is 24.1. The van der Waals surface area contributed by atoms with E-state index in [1.54, 1.807) is 24.3 Å². The number of Topliss-reactive ketones (excluding diaryl/α,β-unsaturated/α-hetero) is 1. The quantitative estimate of drug-likeness (QED) is 0.0781. The van der Waals surface area contributed by atoms with Gasteiger partial charge < -0.3 is 56.1 Å². The minimum Gasteiger partial charge on any atom is -0.507 e. The van der Waals surface area contributed by atoms with Gasteiger partial charge in [0, 0.05) is 42.4 Å². The van der Waals surface area contributed by atoms with E-state index in [1.807, 2.05) is 36.4 Å². The number of hydrogen-bond donors (Lipinski definition) is 8. The van der Waals surface area contributed by atoms with Crippen LogP contribution in [0.1, 0.15) is 80.0 Å². The van der Waals surface area contributed by atoms with Gasteiger partial charge in [-0.1, -0.05) is 72.8 Å². The molecule has 2 aliphatic carbocycles. The molecular formula is C45H47N3O13. The molecule has 1 fully saturated rings. The molecule has 61 heavy (non-hydrogen) atoms. The molecule has 16 nitrogen and oxygen atoms in total. The van der Waals surface area contributed by atoms with Crippen molar-refractivity contribution in [1.82, 2.24) is 10.6 Å². The van der Waals surface area contributed by atoms with Gasteiger partial charge >= 0.3 is 0 Å². The predicted molar refractivity (Wildman–Crippen MR) is 216 cm³/mol. The maximum absolute atomic E-state index is 14.1. The number of aliphatic hydroxyl groups is 3. The number of aliphatic hydroxyl groups excluding tert-OH is 2. The number of amides is 2. The number of aromatic hydroxyl groups is 2. The molecule has 0 radical (unpaired) electrons. The van der Waals surface area contributed by atoms with E-state index in [1.165, 1.54) is 32.2 Å². The van der Waals surface area contributed by atoms with E-state index in [4.69, 9.17) is 19.9 Å². The molecule has 0 unspecified atom stereocenters. The zero-order valence-corrected chi connectivity index (χ0v) is 33.4. The number of ether oxygens (including phenoxy) is 3. The highest BCUT2D eigenvalue weighted by molar-refractivity contribution is 6.31. The number of carbonyl (C=O) groups excluding carboxylic acids is 5. The lowest BCUT2D eigenvalue weighted by molar-refractivity contribution is -0.249. The van der Waals surface area contributed by atoms with Crippen LogP contribution in [0.25, 0.3) is 0 Å². The summed E-state index contributed by atoms with van der Waals surface area (Å²) in [5.74, 6) is -5.41. The second-order valence-electron chi connectivity index (χ2n) is 15.7. The molecule has 3 aliphatic rings. The van der Waals surface area contributed by atoms with Gasteiger partial charge in [0.15, 0.2) is 17.9 Å². The highest BCUT2D eigenvalue weighted by Gasteiger charge is 2.50. The largest absolute Gasteiger partial charge is 0.507 e. The number of phenolic OH excluding ortho intramolecular Hbond substituents is 2. The summed E-state index contributed by atoms with van der Waals surface area (Å²) < 4.78 is 17.7. The molecule has 7 rings (SSSR count). The Labute approximate surface area is 350 Å². The number of phenols is 2. The summed E-state index contributed by atoms with van der Waals surface area (Å²) in [7, 11) is 1.30. The Morgan fingerprint density at radius 2 is 1.52 bits per heavy atom. The SMILES string of the molecule is COc1cccc2c1C(=O)c1c(O)c3c(c(O)c1C2=O)C[C@@](O)(C(=O)CO)C[C@@H]3O[C@H]1C[C@H](NC(=O)[C@H](Cc2ccccc2)NC(=O)[C@@H](N)Cc2ccccc2)[C@H](O)[C@H](C)O1. The van der Waals surface area contributed by atoms with Crippen LogP contribution in [0.3, 0.4) is 0 Å². The number of nitrogens with two attached hydrogens (primary N) is 1. The standard InChI is InChI=1S/C45H47N3O13/c1-22-38(51)28(47-44(57)29(17-24-12-7-4-8-13-24)48-43(56)27(46)16-23-10-5-3-6-11-23)18-33(60-22)61-31-20-45(58,32(50)21-49)19-26-35(31)42(55)37-36(40(26)53)39(52)25-14-9-15-30(59-2)34(25)41(37)54/h3-15,22,27-29,31,33,38,49,51,53,55,58H,16-21,46H2,1-2H3,(H,47,57)(H,48,56)/t22-,27-,28-,29-,31-,33-,38+,45-/m0/s1. The first-order valence-corrected chi connectivity index (χ1v) is 19.8. The molecule has 0 spiro atoms. The van der Waals surface area contributed by atoms with Crippen molar-refractivity contribution in [3.8, 4) is 17.2 Å². The molecule has 8 atom stereocenters. The number of benzene rings is 4. The predicted octanol–water partition coefficient (Wildman–Crippen LogP) is 1.46. The zero-order chi connectivity index (χ0) is 43.7. The third kappa shape index (κ3) is 8.38. The minimum atomic E-state index is -2.38. The van der Waals surface area contributed by atoms with Gasteiger partial charge in [-0.15, -0.1) is 0 Å². The second-order valence-corrected chi connectivity index (χ2v) is 15.7.